The molecule has 0 atom stereocenters. The molecule has 0 saturated heterocycles. The fraction of sp³-hybridized carbons (Fsp3) is 0.294. The first-order valence-corrected chi connectivity index (χ1v) is 7.74. The molecule has 124 valence electrons. The molecular weight excluding hydrogens is 306 g/mol. The molecule has 2 aromatic heterocycles. The number of hydrogen-bond acceptors (Lipinski definition) is 5. The van der Waals surface area contributed by atoms with Gasteiger partial charge in [0.2, 0.25) is 0 Å². The summed E-state index contributed by atoms with van der Waals surface area (Å²) in [6, 6.07) is 5.39. The summed E-state index contributed by atoms with van der Waals surface area (Å²) in [5.74, 6) is -0.311. The van der Waals surface area contributed by atoms with Crippen LogP contribution >= 0.6 is 0 Å². The standard InChI is InChI=1S/C17H19N5O2/c1-13-8-15(5-6-16(13)22-12-18-11-20-22)17(23)24-7-3-4-14-9-19-21(2)10-14/h5-6,8-12H,3-4,7H2,1-2H3. The lowest BCUT2D eigenvalue weighted by molar-refractivity contribution is 0.0500. The predicted octanol–water partition coefficient (Wildman–Crippen LogP) is 2.10. The maximum Gasteiger partial charge on any atom is 0.338 e. The van der Waals surface area contributed by atoms with Gasteiger partial charge in [0.25, 0.3) is 0 Å². The molecule has 0 unspecified atom stereocenters. The molecule has 7 nitrogen and oxygen atoms in total. The van der Waals surface area contributed by atoms with E-state index >= 15 is 0 Å². The van der Waals surface area contributed by atoms with Crippen LogP contribution in [0.5, 0.6) is 0 Å². The maximum atomic E-state index is 12.1. The van der Waals surface area contributed by atoms with Gasteiger partial charge >= 0.3 is 5.97 Å². The Morgan fingerprint density at radius 3 is 2.83 bits per heavy atom. The summed E-state index contributed by atoms with van der Waals surface area (Å²) in [7, 11) is 1.88. The third-order valence-electron chi connectivity index (χ3n) is 3.70. The van der Waals surface area contributed by atoms with Gasteiger partial charge in [-0.05, 0) is 49.1 Å². The number of hydrogen-bond donors (Lipinski definition) is 0. The van der Waals surface area contributed by atoms with Gasteiger partial charge in [-0.3, -0.25) is 4.68 Å². The Hall–Kier alpha value is -2.96. The number of benzene rings is 1. The summed E-state index contributed by atoms with van der Waals surface area (Å²) < 4.78 is 8.77. The quantitative estimate of drug-likeness (QED) is 0.512. The number of rotatable bonds is 6. The number of aromatic nitrogens is 5. The van der Waals surface area contributed by atoms with Crippen molar-refractivity contribution >= 4 is 5.97 Å². The Bertz CT molecular complexity index is 823. The third kappa shape index (κ3) is 3.68. The van der Waals surface area contributed by atoms with Gasteiger partial charge in [0, 0.05) is 13.2 Å². The summed E-state index contributed by atoms with van der Waals surface area (Å²) in [4.78, 5) is 16.1. The highest BCUT2D eigenvalue weighted by Gasteiger charge is 2.10. The molecule has 0 spiro atoms. The molecule has 1 aromatic carbocycles. The second kappa shape index (κ2) is 7.08. The molecule has 7 heteroatoms. The molecule has 2 heterocycles. The molecule has 0 bridgehead atoms. The predicted molar refractivity (Wildman–Crippen MR) is 87.9 cm³/mol. The zero-order valence-corrected chi connectivity index (χ0v) is 13.7. The molecule has 24 heavy (non-hydrogen) atoms. The number of ether oxygens (including phenoxy) is 1. The topological polar surface area (TPSA) is 74.8 Å². The van der Waals surface area contributed by atoms with Crippen LogP contribution in [0.2, 0.25) is 0 Å². The molecule has 0 fully saturated rings. The van der Waals surface area contributed by atoms with Gasteiger partial charge < -0.3 is 4.74 Å². The van der Waals surface area contributed by atoms with Crippen LogP contribution in [0.25, 0.3) is 5.69 Å². The van der Waals surface area contributed by atoms with E-state index < -0.39 is 0 Å². The third-order valence-corrected chi connectivity index (χ3v) is 3.70. The van der Waals surface area contributed by atoms with Crippen molar-refractivity contribution in [3.8, 4) is 5.69 Å². The first-order valence-electron chi connectivity index (χ1n) is 7.74. The molecular formula is C17H19N5O2. The summed E-state index contributed by atoms with van der Waals surface area (Å²) in [5.41, 5.74) is 3.50. The highest BCUT2D eigenvalue weighted by molar-refractivity contribution is 5.90. The summed E-state index contributed by atoms with van der Waals surface area (Å²) in [6.45, 7) is 2.31. The van der Waals surface area contributed by atoms with E-state index in [1.165, 1.54) is 6.33 Å². The van der Waals surface area contributed by atoms with E-state index in [0.717, 1.165) is 29.7 Å². The normalized spacial score (nSPS) is 10.8. The van der Waals surface area contributed by atoms with Crippen molar-refractivity contribution in [3.05, 3.63) is 59.9 Å². The van der Waals surface area contributed by atoms with E-state index in [2.05, 4.69) is 15.2 Å². The fourth-order valence-corrected chi connectivity index (χ4v) is 2.50. The van der Waals surface area contributed by atoms with Crippen LogP contribution in [0, 0.1) is 6.92 Å². The number of carbonyl (C=O) groups excluding carboxylic acids is 1. The summed E-state index contributed by atoms with van der Waals surface area (Å²) >= 11 is 0. The van der Waals surface area contributed by atoms with Gasteiger partial charge in [-0.2, -0.15) is 10.2 Å². The Balaban J connectivity index is 1.54. The molecule has 0 radical (unpaired) electrons. The number of aryl methyl sites for hydroxylation is 3. The minimum atomic E-state index is -0.311. The van der Waals surface area contributed by atoms with Crippen LogP contribution in [0.4, 0.5) is 0 Å². The van der Waals surface area contributed by atoms with Crippen LogP contribution in [-0.2, 0) is 18.2 Å². The van der Waals surface area contributed by atoms with Gasteiger partial charge in [-0.1, -0.05) is 0 Å². The molecule has 0 aliphatic heterocycles. The average molecular weight is 325 g/mol. The van der Waals surface area contributed by atoms with Gasteiger partial charge in [0.05, 0.1) is 24.1 Å². The highest BCUT2D eigenvalue weighted by Crippen LogP contribution is 2.15. The van der Waals surface area contributed by atoms with Crippen molar-refractivity contribution in [2.75, 3.05) is 6.61 Å². The number of carbonyl (C=O) groups is 1. The summed E-state index contributed by atoms with van der Waals surface area (Å²) in [5, 5.41) is 8.21. The summed E-state index contributed by atoms with van der Waals surface area (Å²) in [6.07, 6.45) is 8.50. The molecule has 0 aliphatic carbocycles. The number of nitrogens with zero attached hydrogens (tertiary/aromatic N) is 5. The Morgan fingerprint density at radius 1 is 1.29 bits per heavy atom. The van der Waals surface area contributed by atoms with E-state index in [4.69, 9.17) is 4.74 Å². The molecule has 0 aliphatic rings. The van der Waals surface area contributed by atoms with E-state index in [1.807, 2.05) is 32.4 Å². The first kappa shape index (κ1) is 15.9. The highest BCUT2D eigenvalue weighted by atomic mass is 16.5. The van der Waals surface area contributed by atoms with E-state index in [9.17, 15) is 4.79 Å². The van der Waals surface area contributed by atoms with E-state index in [0.29, 0.717) is 12.2 Å². The smallest absolute Gasteiger partial charge is 0.338 e. The Kier molecular flexibility index (Phi) is 4.69. The van der Waals surface area contributed by atoms with Crippen molar-refractivity contribution < 1.29 is 9.53 Å². The van der Waals surface area contributed by atoms with Crippen molar-refractivity contribution in [1.82, 2.24) is 24.5 Å². The fourth-order valence-electron chi connectivity index (χ4n) is 2.50. The van der Waals surface area contributed by atoms with E-state index in [-0.39, 0.29) is 5.97 Å². The lowest BCUT2D eigenvalue weighted by Gasteiger charge is -2.08. The van der Waals surface area contributed by atoms with Crippen molar-refractivity contribution in [2.24, 2.45) is 7.05 Å². The second-order valence-corrected chi connectivity index (χ2v) is 5.60. The minimum Gasteiger partial charge on any atom is -0.462 e. The van der Waals surface area contributed by atoms with Crippen LogP contribution < -0.4 is 0 Å². The largest absolute Gasteiger partial charge is 0.462 e. The van der Waals surface area contributed by atoms with Crippen molar-refractivity contribution in [1.29, 1.82) is 0 Å². The minimum absolute atomic E-state index is 0.311. The SMILES string of the molecule is Cc1cc(C(=O)OCCCc2cnn(C)c2)ccc1-n1cncn1. The number of esters is 1. The Morgan fingerprint density at radius 2 is 2.17 bits per heavy atom. The van der Waals surface area contributed by atoms with Gasteiger partial charge in [-0.25, -0.2) is 14.5 Å². The van der Waals surface area contributed by atoms with E-state index in [1.54, 1.807) is 27.8 Å². The van der Waals surface area contributed by atoms with Crippen LogP contribution in [0.15, 0.2) is 43.2 Å². The average Bonchev–Trinajstić information content (AvgIpc) is 3.23. The monoisotopic (exact) mass is 325 g/mol. The van der Waals surface area contributed by atoms with Crippen LogP contribution in [-0.4, -0.2) is 37.1 Å². The van der Waals surface area contributed by atoms with Gasteiger partial charge in [0.15, 0.2) is 0 Å². The molecule has 0 amide bonds. The van der Waals surface area contributed by atoms with Gasteiger partial charge in [-0.15, -0.1) is 0 Å². The first-order chi connectivity index (χ1) is 11.6. The van der Waals surface area contributed by atoms with Crippen molar-refractivity contribution in [3.63, 3.8) is 0 Å². The van der Waals surface area contributed by atoms with Gasteiger partial charge in [0.1, 0.15) is 12.7 Å². The lowest BCUT2D eigenvalue weighted by Crippen LogP contribution is -2.08. The van der Waals surface area contributed by atoms with Crippen molar-refractivity contribution in [2.45, 2.75) is 19.8 Å². The zero-order valence-electron chi connectivity index (χ0n) is 13.7. The lowest BCUT2D eigenvalue weighted by atomic mass is 10.1. The molecule has 0 saturated carbocycles. The van der Waals surface area contributed by atoms with Crippen LogP contribution in [0.3, 0.4) is 0 Å². The second-order valence-electron chi connectivity index (χ2n) is 5.60. The van der Waals surface area contributed by atoms with Crippen LogP contribution in [0.1, 0.15) is 27.9 Å². The molecule has 0 N–H and O–H groups in total. The zero-order chi connectivity index (χ0) is 16.9. The maximum absolute atomic E-state index is 12.1. The molecule has 3 rings (SSSR count). The molecule has 3 aromatic rings. The Labute approximate surface area is 139 Å².